The molecular formula is C4H8OS3. The Labute approximate surface area is 61.7 Å². The predicted molar refractivity (Wildman–Crippen MR) is 45.0 cm³/mol. The van der Waals surface area contributed by atoms with Gasteiger partial charge in [0.05, 0.1) is 9.95 Å². The number of thioether (sulfide) groups is 1. The molecule has 0 heterocycles. The zero-order valence-electron chi connectivity index (χ0n) is 4.84. The smallest absolute Gasteiger partial charge is 0.0645 e. The van der Waals surface area contributed by atoms with Gasteiger partial charge in [0.2, 0.25) is 0 Å². The van der Waals surface area contributed by atoms with Crippen molar-refractivity contribution in [3.8, 4) is 0 Å². The molecule has 0 aliphatic carbocycles. The zero-order valence-corrected chi connectivity index (χ0v) is 7.29. The van der Waals surface area contributed by atoms with E-state index in [-0.39, 0.29) is 0 Å². The highest BCUT2D eigenvalue weighted by atomic mass is 32.2. The molecule has 0 aromatic carbocycles. The van der Waals surface area contributed by atoms with Crippen molar-refractivity contribution in [2.24, 2.45) is 0 Å². The third-order valence-electron chi connectivity index (χ3n) is 0.549. The number of thiocarbonyl (C=S) groups is 1. The Hall–Kier alpha value is 0.590. The van der Waals surface area contributed by atoms with Crippen molar-refractivity contribution in [2.75, 3.05) is 18.3 Å². The summed E-state index contributed by atoms with van der Waals surface area (Å²) in [5.41, 5.74) is 0. The van der Waals surface area contributed by atoms with Crippen molar-refractivity contribution in [1.29, 1.82) is 0 Å². The summed E-state index contributed by atoms with van der Waals surface area (Å²) >= 11 is 6.29. The van der Waals surface area contributed by atoms with Gasteiger partial charge in [0.1, 0.15) is 0 Å². The van der Waals surface area contributed by atoms with E-state index in [1.54, 1.807) is 6.26 Å². The summed E-state index contributed by atoms with van der Waals surface area (Å²) in [5, 5.41) is 0. The van der Waals surface area contributed by atoms with Gasteiger partial charge in [-0.05, 0) is 6.26 Å². The molecule has 0 saturated carbocycles. The standard InChI is InChI=1S/C4H8OS3/c1-7-4(6)3-8(2)5/h3H2,1-2H3. The SMILES string of the molecule is CSC(=S)CS(C)=O. The van der Waals surface area contributed by atoms with Crippen LogP contribution in [0.25, 0.3) is 0 Å². The topological polar surface area (TPSA) is 17.1 Å². The molecule has 1 nitrogen and oxygen atoms in total. The lowest BCUT2D eigenvalue weighted by Gasteiger charge is -1.92. The summed E-state index contributed by atoms with van der Waals surface area (Å²) in [6.45, 7) is 0. The summed E-state index contributed by atoms with van der Waals surface area (Å²) in [7, 11) is -0.758. The average molecular weight is 168 g/mol. The van der Waals surface area contributed by atoms with Gasteiger partial charge in [0.25, 0.3) is 0 Å². The van der Waals surface area contributed by atoms with Gasteiger partial charge >= 0.3 is 0 Å². The zero-order chi connectivity index (χ0) is 6.57. The van der Waals surface area contributed by atoms with Crippen LogP contribution in [0.3, 0.4) is 0 Å². The van der Waals surface area contributed by atoms with Crippen molar-refractivity contribution in [2.45, 2.75) is 0 Å². The van der Waals surface area contributed by atoms with Gasteiger partial charge in [-0.25, -0.2) is 0 Å². The summed E-state index contributed by atoms with van der Waals surface area (Å²) in [6, 6.07) is 0. The number of hydrogen-bond donors (Lipinski definition) is 0. The maximum Gasteiger partial charge on any atom is 0.0645 e. The molecule has 0 spiro atoms. The van der Waals surface area contributed by atoms with E-state index in [2.05, 4.69) is 0 Å². The normalized spacial score (nSPS) is 13.2. The molecule has 0 N–H and O–H groups in total. The van der Waals surface area contributed by atoms with Crippen molar-refractivity contribution >= 4 is 39.0 Å². The molecule has 0 aromatic rings. The van der Waals surface area contributed by atoms with E-state index in [0.29, 0.717) is 5.75 Å². The quantitative estimate of drug-likeness (QED) is 0.574. The van der Waals surface area contributed by atoms with Crippen LogP contribution >= 0.6 is 24.0 Å². The van der Waals surface area contributed by atoms with E-state index in [1.807, 2.05) is 6.26 Å². The molecule has 0 aliphatic heterocycles. The van der Waals surface area contributed by atoms with Crippen LogP contribution in [-0.4, -0.2) is 26.7 Å². The lowest BCUT2D eigenvalue weighted by molar-refractivity contribution is 0.689. The van der Waals surface area contributed by atoms with E-state index in [4.69, 9.17) is 12.2 Å². The van der Waals surface area contributed by atoms with Crippen LogP contribution in [-0.2, 0) is 10.8 Å². The van der Waals surface area contributed by atoms with Crippen LogP contribution in [0.5, 0.6) is 0 Å². The largest absolute Gasteiger partial charge is 0.259 e. The average Bonchev–Trinajstić information content (AvgIpc) is 1.65. The van der Waals surface area contributed by atoms with Gasteiger partial charge in [0, 0.05) is 17.1 Å². The Kier molecular flexibility index (Phi) is 4.80. The first-order valence-electron chi connectivity index (χ1n) is 2.03. The van der Waals surface area contributed by atoms with Crippen molar-refractivity contribution < 1.29 is 4.21 Å². The molecule has 0 aromatic heterocycles. The molecule has 0 rings (SSSR count). The molecule has 1 atom stereocenters. The van der Waals surface area contributed by atoms with E-state index in [1.165, 1.54) is 11.8 Å². The van der Waals surface area contributed by atoms with Crippen LogP contribution in [0.4, 0.5) is 0 Å². The van der Waals surface area contributed by atoms with Gasteiger partial charge in [-0.3, -0.25) is 4.21 Å². The van der Waals surface area contributed by atoms with Crippen molar-refractivity contribution in [3.63, 3.8) is 0 Å². The third-order valence-corrected chi connectivity index (χ3v) is 2.85. The Morgan fingerprint density at radius 1 is 1.88 bits per heavy atom. The molecule has 0 fully saturated rings. The molecule has 0 amide bonds. The van der Waals surface area contributed by atoms with Crippen LogP contribution in [0, 0.1) is 0 Å². The Balaban J connectivity index is 3.40. The van der Waals surface area contributed by atoms with E-state index in [9.17, 15) is 4.21 Å². The van der Waals surface area contributed by atoms with Gasteiger partial charge < -0.3 is 0 Å². The molecule has 0 saturated heterocycles. The Morgan fingerprint density at radius 2 is 2.38 bits per heavy atom. The first kappa shape index (κ1) is 8.59. The van der Waals surface area contributed by atoms with E-state index in [0.717, 1.165) is 4.20 Å². The van der Waals surface area contributed by atoms with E-state index < -0.39 is 10.8 Å². The van der Waals surface area contributed by atoms with Crippen LogP contribution in [0.1, 0.15) is 0 Å². The second kappa shape index (κ2) is 4.47. The minimum Gasteiger partial charge on any atom is -0.259 e. The number of rotatable bonds is 2. The molecule has 0 radical (unpaired) electrons. The molecule has 0 aliphatic rings. The summed E-state index contributed by atoms with van der Waals surface area (Å²) in [5.74, 6) is 0.552. The minimum atomic E-state index is -0.758. The first-order chi connectivity index (χ1) is 3.66. The summed E-state index contributed by atoms with van der Waals surface area (Å²) in [4.78, 5) is 0. The van der Waals surface area contributed by atoms with Crippen molar-refractivity contribution in [1.82, 2.24) is 0 Å². The molecule has 48 valence electrons. The monoisotopic (exact) mass is 168 g/mol. The second-order valence-electron chi connectivity index (χ2n) is 1.29. The third kappa shape index (κ3) is 4.74. The Morgan fingerprint density at radius 3 is 2.50 bits per heavy atom. The highest BCUT2D eigenvalue weighted by molar-refractivity contribution is 8.23. The van der Waals surface area contributed by atoms with Gasteiger partial charge in [-0.15, -0.1) is 11.8 Å². The maximum absolute atomic E-state index is 10.4. The summed E-state index contributed by atoms with van der Waals surface area (Å²) < 4.78 is 11.2. The Bertz CT molecular complexity index is 110. The highest BCUT2D eigenvalue weighted by Gasteiger charge is 1.94. The summed E-state index contributed by atoms with van der Waals surface area (Å²) in [6.07, 6.45) is 3.55. The molecule has 8 heavy (non-hydrogen) atoms. The molecule has 4 heteroatoms. The van der Waals surface area contributed by atoms with Crippen LogP contribution in [0.2, 0.25) is 0 Å². The first-order valence-corrected chi connectivity index (χ1v) is 5.39. The minimum absolute atomic E-state index is 0.552. The maximum atomic E-state index is 10.4. The number of hydrogen-bond acceptors (Lipinski definition) is 3. The van der Waals surface area contributed by atoms with Crippen LogP contribution in [0.15, 0.2) is 0 Å². The molecule has 0 bridgehead atoms. The molecule has 1 unspecified atom stereocenters. The second-order valence-corrected chi connectivity index (χ2v) is 4.38. The van der Waals surface area contributed by atoms with Crippen LogP contribution < -0.4 is 0 Å². The van der Waals surface area contributed by atoms with Crippen molar-refractivity contribution in [3.05, 3.63) is 0 Å². The molecular weight excluding hydrogens is 160 g/mol. The van der Waals surface area contributed by atoms with Gasteiger partial charge in [-0.2, -0.15) is 0 Å². The predicted octanol–water partition coefficient (Wildman–Crippen LogP) is 1.06. The van der Waals surface area contributed by atoms with Gasteiger partial charge in [0.15, 0.2) is 0 Å². The fourth-order valence-electron chi connectivity index (χ4n) is 0.225. The van der Waals surface area contributed by atoms with E-state index >= 15 is 0 Å². The van der Waals surface area contributed by atoms with Gasteiger partial charge in [-0.1, -0.05) is 12.2 Å². The fraction of sp³-hybridized carbons (Fsp3) is 0.750. The lowest BCUT2D eigenvalue weighted by Crippen LogP contribution is -2.01. The lowest BCUT2D eigenvalue weighted by atomic mass is 10.9. The fourth-order valence-corrected chi connectivity index (χ4v) is 2.02. The highest BCUT2D eigenvalue weighted by Crippen LogP contribution is 1.97.